The maximum absolute atomic E-state index is 12.8. The lowest BCUT2D eigenvalue weighted by atomic mass is 10.0. The van der Waals surface area contributed by atoms with Gasteiger partial charge in [0.2, 0.25) is 5.91 Å². The lowest BCUT2D eigenvalue weighted by Gasteiger charge is -2.22. The molecule has 0 spiro atoms. The topological polar surface area (TPSA) is 114 Å². The first-order valence-electron chi connectivity index (χ1n) is 10.4. The highest BCUT2D eigenvalue weighted by Gasteiger charge is 2.27. The Morgan fingerprint density at radius 3 is 2.12 bits per heavy atom. The Morgan fingerprint density at radius 1 is 0.906 bits per heavy atom. The van der Waals surface area contributed by atoms with Crippen LogP contribution in [0.1, 0.15) is 31.4 Å². The summed E-state index contributed by atoms with van der Waals surface area (Å²) in [5.74, 6) is -0.995. The van der Waals surface area contributed by atoms with Crippen molar-refractivity contribution in [1.82, 2.24) is 10.6 Å². The largest absolute Gasteiger partial charge is 0.497 e. The number of ether oxygens (including phenoxy) is 2. The van der Waals surface area contributed by atoms with Gasteiger partial charge in [0, 0.05) is 6.42 Å². The Kier molecular flexibility index (Phi) is 9.53. The van der Waals surface area contributed by atoms with E-state index in [0.29, 0.717) is 12.2 Å². The first-order chi connectivity index (χ1) is 15.3. The number of hydrogen-bond donors (Lipinski definition) is 3. The number of hydrogen-bond acceptors (Lipinski definition) is 5. The number of nitrogens with one attached hydrogen (secondary N) is 2. The van der Waals surface area contributed by atoms with Crippen LogP contribution in [0, 0.1) is 5.92 Å². The van der Waals surface area contributed by atoms with Crippen molar-refractivity contribution in [1.29, 1.82) is 0 Å². The Bertz CT molecular complexity index is 883. The maximum atomic E-state index is 12.8. The van der Waals surface area contributed by atoms with Crippen LogP contribution in [0.25, 0.3) is 0 Å². The molecule has 8 nitrogen and oxygen atoms in total. The van der Waals surface area contributed by atoms with E-state index in [1.165, 1.54) is 0 Å². The van der Waals surface area contributed by atoms with Crippen LogP contribution in [0.4, 0.5) is 4.79 Å². The number of methoxy groups -OCH3 is 1. The minimum absolute atomic E-state index is 0.0674. The predicted molar refractivity (Wildman–Crippen MR) is 119 cm³/mol. The van der Waals surface area contributed by atoms with Gasteiger partial charge in [0.1, 0.15) is 24.4 Å². The first kappa shape index (κ1) is 24.7. The van der Waals surface area contributed by atoms with E-state index >= 15 is 0 Å². The highest BCUT2D eigenvalue weighted by atomic mass is 16.5. The van der Waals surface area contributed by atoms with Crippen LogP contribution in [-0.2, 0) is 27.4 Å². The van der Waals surface area contributed by atoms with E-state index < -0.39 is 30.1 Å². The average Bonchev–Trinajstić information content (AvgIpc) is 2.77. The number of alkyl carbamates (subject to hydrolysis) is 1. The molecule has 0 aromatic heterocycles. The van der Waals surface area contributed by atoms with Crippen molar-refractivity contribution >= 4 is 18.0 Å². The normalized spacial score (nSPS) is 12.5. The molecule has 0 aliphatic rings. The maximum Gasteiger partial charge on any atom is 0.408 e. The van der Waals surface area contributed by atoms with Crippen LogP contribution in [0.5, 0.6) is 5.75 Å². The molecule has 0 heterocycles. The zero-order chi connectivity index (χ0) is 23.5. The summed E-state index contributed by atoms with van der Waals surface area (Å²) >= 11 is 0. The van der Waals surface area contributed by atoms with Gasteiger partial charge in [-0.25, -0.2) is 9.59 Å². The molecule has 2 aromatic rings. The highest BCUT2D eigenvalue weighted by molar-refractivity contribution is 5.89. The summed E-state index contributed by atoms with van der Waals surface area (Å²) in [4.78, 5) is 36.8. The first-order valence-corrected chi connectivity index (χ1v) is 10.4. The number of carbonyl (C=O) groups excluding carboxylic acids is 2. The van der Waals surface area contributed by atoms with Crippen molar-refractivity contribution in [2.75, 3.05) is 7.11 Å². The SMILES string of the molecule is COc1ccc(C[C@@H](NC(=O)[C@H](CC(C)C)NC(=O)OCc2ccccc2)C(=O)O)cc1. The van der Waals surface area contributed by atoms with Gasteiger partial charge >= 0.3 is 12.1 Å². The molecule has 0 saturated heterocycles. The van der Waals surface area contributed by atoms with Crippen LogP contribution in [-0.4, -0.2) is 42.3 Å². The number of benzene rings is 2. The van der Waals surface area contributed by atoms with Gasteiger partial charge in [-0.15, -0.1) is 0 Å². The quantitative estimate of drug-likeness (QED) is 0.493. The summed E-state index contributed by atoms with van der Waals surface area (Å²) in [7, 11) is 1.54. The van der Waals surface area contributed by atoms with Gasteiger partial charge in [0.25, 0.3) is 0 Å². The van der Waals surface area contributed by atoms with Crippen molar-refractivity contribution in [2.45, 2.75) is 45.4 Å². The standard InChI is InChI=1S/C24H30N2O6/c1-16(2)13-20(26-24(30)32-15-18-7-5-4-6-8-18)22(27)25-21(23(28)29)14-17-9-11-19(31-3)12-10-17/h4-12,16,20-21H,13-15H2,1-3H3,(H,25,27)(H,26,30)(H,28,29)/t20-,21+/m0/s1. The molecule has 0 unspecified atom stereocenters. The molecule has 2 atom stereocenters. The van der Waals surface area contributed by atoms with E-state index in [2.05, 4.69) is 10.6 Å². The molecule has 2 amide bonds. The molecule has 0 bridgehead atoms. The lowest BCUT2D eigenvalue weighted by Crippen LogP contribution is -2.52. The third-order valence-corrected chi connectivity index (χ3v) is 4.74. The fourth-order valence-corrected chi connectivity index (χ4v) is 3.08. The molecule has 0 fully saturated rings. The van der Waals surface area contributed by atoms with Crippen LogP contribution < -0.4 is 15.4 Å². The molecule has 172 valence electrons. The zero-order valence-electron chi connectivity index (χ0n) is 18.5. The van der Waals surface area contributed by atoms with Crippen molar-refractivity contribution in [3.8, 4) is 5.75 Å². The molecule has 0 saturated carbocycles. The van der Waals surface area contributed by atoms with E-state index in [9.17, 15) is 19.5 Å². The number of amides is 2. The Morgan fingerprint density at radius 2 is 1.56 bits per heavy atom. The van der Waals surface area contributed by atoms with E-state index in [1.807, 2.05) is 44.2 Å². The number of rotatable bonds is 11. The number of carbonyl (C=O) groups is 3. The molecular weight excluding hydrogens is 412 g/mol. The van der Waals surface area contributed by atoms with Gasteiger partial charge < -0.3 is 25.2 Å². The van der Waals surface area contributed by atoms with Gasteiger partial charge in [-0.05, 0) is 35.6 Å². The van der Waals surface area contributed by atoms with Crippen molar-refractivity contribution < 1.29 is 29.0 Å². The van der Waals surface area contributed by atoms with Gasteiger partial charge in [-0.2, -0.15) is 0 Å². The molecule has 2 aromatic carbocycles. The van der Waals surface area contributed by atoms with Crippen LogP contribution in [0.3, 0.4) is 0 Å². The summed E-state index contributed by atoms with van der Waals surface area (Å²) in [5, 5.41) is 14.7. The van der Waals surface area contributed by atoms with Gasteiger partial charge in [0.05, 0.1) is 7.11 Å². The van der Waals surface area contributed by atoms with E-state index in [0.717, 1.165) is 11.1 Å². The van der Waals surface area contributed by atoms with Gasteiger partial charge in [-0.3, -0.25) is 4.79 Å². The summed E-state index contributed by atoms with van der Waals surface area (Å²) < 4.78 is 10.3. The van der Waals surface area contributed by atoms with E-state index in [1.54, 1.807) is 31.4 Å². The van der Waals surface area contributed by atoms with Crippen LogP contribution in [0.2, 0.25) is 0 Å². The summed E-state index contributed by atoms with van der Waals surface area (Å²) in [6, 6.07) is 14.0. The molecule has 8 heteroatoms. The van der Waals surface area contributed by atoms with Crippen LogP contribution >= 0.6 is 0 Å². The van der Waals surface area contributed by atoms with Crippen LogP contribution in [0.15, 0.2) is 54.6 Å². The third-order valence-electron chi connectivity index (χ3n) is 4.74. The Labute approximate surface area is 187 Å². The Hall–Kier alpha value is -3.55. The molecule has 2 rings (SSSR count). The van der Waals surface area contributed by atoms with E-state index in [4.69, 9.17) is 9.47 Å². The second-order valence-corrected chi connectivity index (χ2v) is 7.84. The third kappa shape index (κ3) is 8.29. The monoisotopic (exact) mass is 442 g/mol. The van der Waals surface area contributed by atoms with E-state index in [-0.39, 0.29) is 18.9 Å². The second kappa shape index (κ2) is 12.3. The van der Waals surface area contributed by atoms with Crippen molar-refractivity contribution in [3.63, 3.8) is 0 Å². The molecule has 0 aliphatic carbocycles. The number of aliphatic carboxylic acids is 1. The number of carboxylic acid groups (broad SMARTS) is 1. The average molecular weight is 443 g/mol. The van der Waals surface area contributed by atoms with Gasteiger partial charge in [0.15, 0.2) is 0 Å². The predicted octanol–water partition coefficient (Wildman–Crippen LogP) is 3.15. The smallest absolute Gasteiger partial charge is 0.408 e. The molecule has 3 N–H and O–H groups in total. The Balaban J connectivity index is 2.00. The second-order valence-electron chi connectivity index (χ2n) is 7.84. The zero-order valence-corrected chi connectivity index (χ0v) is 18.5. The molecule has 0 aliphatic heterocycles. The summed E-state index contributed by atoms with van der Waals surface area (Å²) in [6.07, 6.45) is -0.310. The minimum Gasteiger partial charge on any atom is -0.497 e. The highest BCUT2D eigenvalue weighted by Crippen LogP contribution is 2.13. The number of carboxylic acids is 1. The van der Waals surface area contributed by atoms with Gasteiger partial charge in [-0.1, -0.05) is 56.3 Å². The molecular formula is C24H30N2O6. The van der Waals surface area contributed by atoms with Crippen molar-refractivity contribution in [2.24, 2.45) is 5.92 Å². The van der Waals surface area contributed by atoms with Crippen molar-refractivity contribution in [3.05, 3.63) is 65.7 Å². The fraction of sp³-hybridized carbons (Fsp3) is 0.375. The fourth-order valence-electron chi connectivity index (χ4n) is 3.08. The summed E-state index contributed by atoms with van der Waals surface area (Å²) in [5.41, 5.74) is 1.55. The lowest BCUT2D eigenvalue weighted by molar-refractivity contribution is -0.142. The molecule has 0 radical (unpaired) electrons. The molecule has 32 heavy (non-hydrogen) atoms. The summed E-state index contributed by atoms with van der Waals surface area (Å²) in [6.45, 7) is 3.88. The minimum atomic E-state index is -1.16.